The van der Waals surface area contributed by atoms with E-state index in [0.29, 0.717) is 11.0 Å². The summed E-state index contributed by atoms with van der Waals surface area (Å²) in [6.45, 7) is 1.74. The molecule has 9 heteroatoms. The fourth-order valence-electron chi connectivity index (χ4n) is 1.38. The quantitative estimate of drug-likeness (QED) is 0.855. The van der Waals surface area contributed by atoms with Gasteiger partial charge in [-0.2, -0.15) is 0 Å². The molecule has 0 amide bonds. The average Bonchev–Trinajstić information content (AvgIpc) is 2.92. The molecule has 19 heavy (non-hydrogen) atoms. The van der Waals surface area contributed by atoms with Crippen molar-refractivity contribution >= 4 is 27.3 Å². The normalized spacial score (nSPS) is 13.2. The Morgan fingerprint density at radius 2 is 1.95 bits per heavy atom. The van der Waals surface area contributed by atoms with E-state index in [4.69, 9.17) is 0 Å². The Bertz CT molecular complexity index is 624. The van der Waals surface area contributed by atoms with Crippen molar-refractivity contribution in [3.63, 3.8) is 0 Å². The maximum Gasteiger partial charge on any atom is 0.244 e. The monoisotopic (exact) mass is 299 g/mol. The highest BCUT2D eigenvalue weighted by Gasteiger charge is 2.20. The lowest BCUT2D eigenvalue weighted by Gasteiger charge is -2.11. The summed E-state index contributed by atoms with van der Waals surface area (Å²) in [5.74, 6) is 0.368. The zero-order valence-electron chi connectivity index (χ0n) is 10.4. The van der Waals surface area contributed by atoms with Crippen LogP contribution in [0.4, 0.5) is 5.95 Å². The summed E-state index contributed by atoms with van der Waals surface area (Å²) in [5, 5.41) is 5.22. The van der Waals surface area contributed by atoms with E-state index in [1.165, 1.54) is 23.7 Å². The lowest BCUT2D eigenvalue weighted by Crippen LogP contribution is -2.27. The largest absolute Gasteiger partial charge is 0.357 e. The van der Waals surface area contributed by atoms with E-state index in [1.54, 1.807) is 25.5 Å². The van der Waals surface area contributed by atoms with Crippen LogP contribution in [0.15, 0.2) is 28.9 Å². The van der Waals surface area contributed by atoms with Crippen LogP contribution in [-0.4, -0.2) is 30.4 Å². The first-order valence-corrected chi connectivity index (χ1v) is 7.81. The van der Waals surface area contributed by atoms with E-state index in [-0.39, 0.29) is 4.90 Å². The van der Waals surface area contributed by atoms with Crippen molar-refractivity contribution in [2.45, 2.75) is 17.9 Å². The second kappa shape index (κ2) is 5.59. The standard InChI is InChI=1S/C10H13N5O2S2/c1-7(9-12-3-4-18-9)15-19(16,17)8-5-13-10(11-2)14-6-8/h3-7,15H,1-2H3,(H,11,13,14). The maximum atomic E-state index is 12.1. The molecule has 0 aromatic carbocycles. The number of thiazole rings is 1. The average molecular weight is 299 g/mol. The Balaban J connectivity index is 2.17. The van der Waals surface area contributed by atoms with Gasteiger partial charge in [0, 0.05) is 18.6 Å². The summed E-state index contributed by atoms with van der Waals surface area (Å²) >= 11 is 1.39. The maximum absolute atomic E-state index is 12.1. The van der Waals surface area contributed by atoms with Crippen molar-refractivity contribution < 1.29 is 8.42 Å². The number of anilines is 1. The Hall–Kier alpha value is -1.58. The molecular weight excluding hydrogens is 286 g/mol. The van der Waals surface area contributed by atoms with E-state index in [9.17, 15) is 8.42 Å². The first-order chi connectivity index (χ1) is 9.03. The van der Waals surface area contributed by atoms with Crippen LogP contribution in [0, 0.1) is 0 Å². The molecule has 0 spiro atoms. The molecule has 0 bridgehead atoms. The van der Waals surface area contributed by atoms with Gasteiger partial charge in [0.15, 0.2) is 0 Å². The van der Waals surface area contributed by atoms with Crippen LogP contribution in [0.5, 0.6) is 0 Å². The lowest BCUT2D eigenvalue weighted by molar-refractivity contribution is 0.565. The Morgan fingerprint density at radius 1 is 1.26 bits per heavy atom. The van der Waals surface area contributed by atoms with Crippen molar-refractivity contribution in [1.29, 1.82) is 0 Å². The minimum absolute atomic E-state index is 0.0231. The van der Waals surface area contributed by atoms with Crippen LogP contribution in [0.1, 0.15) is 18.0 Å². The second-order valence-electron chi connectivity index (χ2n) is 3.71. The molecule has 1 unspecified atom stereocenters. The molecule has 1 atom stereocenters. The highest BCUT2D eigenvalue weighted by Crippen LogP contribution is 2.18. The summed E-state index contributed by atoms with van der Waals surface area (Å²) in [5.41, 5.74) is 0. The molecule has 0 aliphatic rings. The van der Waals surface area contributed by atoms with E-state index in [1.807, 2.05) is 0 Å². The SMILES string of the molecule is CNc1ncc(S(=O)(=O)NC(C)c2nccs2)cn1. The molecule has 7 nitrogen and oxygen atoms in total. The smallest absolute Gasteiger partial charge is 0.244 e. The van der Waals surface area contributed by atoms with Gasteiger partial charge in [0.1, 0.15) is 9.90 Å². The van der Waals surface area contributed by atoms with Crippen LogP contribution in [-0.2, 0) is 10.0 Å². The molecule has 0 saturated heterocycles. The van der Waals surface area contributed by atoms with Crippen molar-refractivity contribution in [2.24, 2.45) is 0 Å². The van der Waals surface area contributed by atoms with Crippen LogP contribution >= 0.6 is 11.3 Å². The number of nitrogens with one attached hydrogen (secondary N) is 2. The highest BCUT2D eigenvalue weighted by molar-refractivity contribution is 7.89. The molecule has 0 radical (unpaired) electrons. The third-order valence-electron chi connectivity index (χ3n) is 2.32. The highest BCUT2D eigenvalue weighted by atomic mass is 32.2. The van der Waals surface area contributed by atoms with Crippen molar-refractivity contribution in [3.8, 4) is 0 Å². The number of nitrogens with zero attached hydrogens (tertiary/aromatic N) is 3. The molecule has 2 N–H and O–H groups in total. The van der Waals surface area contributed by atoms with Gasteiger partial charge in [-0.1, -0.05) is 0 Å². The number of aromatic nitrogens is 3. The van der Waals surface area contributed by atoms with Gasteiger partial charge in [-0.05, 0) is 6.92 Å². The summed E-state index contributed by atoms with van der Waals surface area (Å²) in [7, 11) is -1.99. The van der Waals surface area contributed by atoms with Crippen molar-refractivity contribution in [2.75, 3.05) is 12.4 Å². The molecule has 0 aliphatic carbocycles. The zero-order valence-corrected chi connectivity index (χ0v) is 12.0. The molecule has 2 aromatic rings. The number of sulfonamides is 1. The molecule has 2 heterocycles. The minimum atomic E-state index is -3.65. The summed E-state index contributed by atoms with van der Waals surface area (Å²) < 4.78 is 26.7. The summed E-state index contributed by atoms with van der Waals surface area (Å²) in [4.78, 5) is 11.9. The third kappa shape index (κ3) is 3.25. The lowest BCUT2D eigenvalue weighted by atomic mass is 10.4. The topological polar surface area (TPSA) is 96.9 Å². The van der Waals surface area contributed by atoms with Gasteiger partial charge in [0.2, 0.25) is 16.0 Å². The van der Waals surface area contributed by atoms with E-state index in [2.05, 4.69) is 25.0 Å². The molecule has 0 fully saturated rings. The molecular formula is C10H13N5O2S2. The molecule has 2 aromatic heterocycles. The van der Waals surface area contributed by atoms with Gasteiger partial charge in [0.05, 0.1) is 18.4 Å². The number of hydrogen-bond acceptors (Lipinski definition) is 7. The predicted molar refractivity (Wildman–Crippen MR) is 72.4 cm³/mol. The third-order valence-corrected chi connectivity index (χ3v) is 4.77. The van der Waals surface area contributed by atoms with E-state index in [0.717, 1.165) is 0 Å². The number of hydrogen-bond donors (Lipinski definition) is 2. The van der Waals surface area contributed by atoms with E-state index < -0.39 is 16.1 Å². The molecule has 0 saturated carbocycles. The van der Waals surface area contributed by atoms with Gasteiger partial charge < -0.3 is 5.32 Å². The van der Waals surface area contributed by atoms with Gasteiger partial charge >= 0.3 is 0 Å². The fraction of sp³-hybridized carbons (Fsp3) is 0.300. The van der Waals surface area contributed by atoms with Crippen molar-refractivity contribution in [3.05, 3.63) is 29.0 Å². The van der Waals surface area contributed by atoms with E-state index >= 15 is 0 Å². The van der Waals surface area contributed by atoms with Crippen molar-refractivity contribution in [1.82, 2.24) is 19.7 Å². The molecule has 2 rings (SSSR count). The fourth-order valence-corrected chi connectivity index (χ4v) is 3.20. The zero-order chi connectivity index (χ0) is 13.9. The first-order valence-electron chi connectivity index (χ1n) is 5.44. The first kappa shape index (κ1) is 13.8. The minimum Gasteiger partial charge on any atom is -0.357 e. The summed E-state index contributed by atoms with van der Waals surface area (Å²) in [6, 6.07) is -0.394. The van der Waals surface area contributed by atoms with Crippen LogP contribution in [0.3, 0.4) is 0 Å². The van der Waals surface area contributed by atoms with Crippen LogP contribution in [0.2, 0.25) is 0 Å². The Morgan fingerprint density at radius 3 is 2.47 bits per heavy atom. The molecule has 0 aliphatic heterocycles. The Kier molecular flexibility index (Phi) is 4.08. The summed E-state index contributed by atoms with van der Waals surface area (Å²) in [6.07, 6.45) is 4.15. The van der Waals surface area contributed by atoms with Crippen LogP contribution < -0.4 is 10.0 Å². The molecule has 102 valence electrons. The van der Waals surface area contributed by atoms with Gasteiger partial charge in [-0.15, -0.1) is 11.3 Å². The van der Waals surface area contributed by atoms with Crippen LogP contribution in [0.25, 0.3) is 0 Å². The second-order valence-corrected chi connectivity index (χ2v) is 6.35. The Labute approximate surface area is 115 Å². The van der Waals surface area contributed by atoms with Gasteiger partial charge in [-0.25, -0.2) is 28.1 Å². The van der Waals surface area contributed by atoms with Gasteiger partial charge in [0.25, 0.3) is 0 Å². The number of rotatable bonds is 5. The predicted octanol–water partition coefficient (Wildman–Crippen LogP) is 1.01. The van der Waals surface area contributed by atoms with Gasteiger partial charge in [-0.3, -0.25) is 0 Å².